The summed E-state index contributed by atoms with van der Waals surface area (Å²) >= 11 is 0. The van der Waals surface area contributed by atoms with Gasteiger partial charge in [-0.3, -0.25) is 4.90 Å². The lowest BCUT2D eigenvalue weighted by molar-refractivity contribution is 0.173. The number of rotatable bonds is 3. The Morgan fingerprint density at radius 2 is 0.963 bits per heavy atom. The molecule has 1 fully saturated rings. The molecule has 0 amide bonds. The molecule has 0 radical (unpaired) electrons. The van der Waals surface area contributed by atoms with Crippen LogP contribution < -0.4 is 9.80 Å². The number of fused-ring (bicyclic) bond motifs is 1. The summed E-state index contributed by atoms with van der Waals surface area (Å²) < 4.78 is 0. The summed E-state index contributed by atoms with van der Waals surface area (Å²) in [7, 11) is 0. The predicted octanol–water partition coefficient (Wildman–Crippen LogP) is 5.75. The van der Waals surface area contributed by atoms with E-state index in [9.17, 15) is 0 Å². The molecule has 2 aliphatic rings. The van der Waals surface area contributed by atoms with E-state index in [1.807, 2.05) is 0 Å². The fraction of sp³-hybridized carbons (Fsp3) is 0.250. The van der Waals surface area contributed by atoms with Gasteiger partial charge in [-0.05, 0) is 49.2 Å². The van der Waals surface area contributed by atoms with Crippen LogP contribution in [0.25, 0.3) is 0 Å². The number of benzene rings is 3. The lowest BCUT2D eigenvalue weighted by atomic mass is 10.1. The van der Waals surface area contributed by atoms with E-state index in [0.717, 1.165) is 13.1 Å². The average molecular weight is 355 g/mol. The Labute approximate surface area is 161 Å². The second kappa shape index (κ2) is 7.09. The molecular formula is C24H25N3. The van der Waals surface area contributed by atoms with E-state index < -0.39 is 0 Å². The monoisotopic (exact) mass is 355 g/mol. The molecule has 27 heavy (non-hydrogen) atoms. The highest BCUT2D eigenvalue weighted by Crippen LogP contribution is 2.48. The zero-order valence-corrected chi connectivity index (χ0v) is 15.5. The van der Waals surface area contributed by atoms with Crippen molar-refractivity contribution in [1.29, 1.82) is 0 Å². The number of hydrogen-bond donors (Lipinski definition) is 0. The van der Waals surface area contributed by atoms with E-state index in [-0.39, 0.29) is 6.29 Å². The Morgan fingerprint density at radius 1 is 0.519 bits per heavy atom. The molecule has 0 bridgehead atoms. The molecule has 3 nitrogen and oxygen atoms in total. The molecule has 3 aromatic rings. The number of piperidine rings is 1. The van der Waals surface area contributed by atoms with Gasteiger partial charge in [-0.2, -0.15) is 0 Å². The summed E-state index contributed by atoms with van der Waals surface area (Å²) in [6.07, 6.45) is 4.07. The van der Waals surface area contributed by atoms with Crippen LogP contribution >= 0.6 is 0 Å². The van der Waals surface area contributed by atoms with E-state index in [4.69, 9.17) is 0 Å². The van der Waals surface area contributed by atoms with Crippen molar-refractivity contribution in [2.75, 3.05) is 22.9 Å². The smallest absolute Gasteiger partial charge is 0.169 e. The molecule has 3 heteroatoms. The van der Waals surface area contributed by atoms with Gasteiger partial charge in [0.05, 0.1) is 11.4 Å². The maximum absolute atomic E-state index is 2.64. The Morgan fingerprint density at radius 3 is 1.44 bits per heavy atom. The lowest BCUT2D eigenvalue weighted by Crippen LogP contribution is -2.53. The molecule has 2 aliphatic heterocycles. The first-order chi connectivity index (χ1) is 13.4. The highest BCUT2D eigenvalue weighted by molar-refractivity contribution is 5.88. The maximum atomic E-state index is 2.64. The Hall–Kier alpha value is -2.78. The van der Waals surface area contributed by atoms with Gasteiger partial charge in [0.25, 0.3) is 0 Å². The number of hydrogen-bond acceptors (Lipinski definition) is 3. The average Bonchev–Trinajstić information content (AvgIpc) is 3.11. The summed E-state index contributed by atoms with van der Waals surface area (Å²) in [5.41, 5.74) is 5.06. The number of likely N-dealkylation sites (tertiary alicyclic amines) is 1. The van der Waals surface area contributed by atoms with Crippen LogP contribution in [0.2, 0.25) is 0 Å². The van der Waals surface area contributed by atoms with Gasteiger partial charge in [0, 0.05) is 24.5 Å². The van der Waals surface area contributed by atoms with Crippen molar-refractivity contribution in [3.05, 3.63) is 84.9 Å². The van der Waals surface area contributed by atoms with Gasteiger partial charge >= 0.3 is 0 Å². The van der Waals surface area contributed by atoms with Crippen LogP contribution in [0, 0.1) is 0 Å². The molecule has 5 rings (SSSR count). The third-order valence-electron chi connectivity index (χ3n) is 5.65. The predicted molar refractivity (Wildman–Crippen MR) is 113 cm³/mol. The first-order valence-corrected chi connectivity index (χ1v) is 9.95. The van der Waals surface area contributed by atoms with Crippen molar-refractivity contribution in [1.82, 2.24) is 4.90 Å². The van der Waals surface area contributed by atoms with Crippen molar-refractivity contribution in [2.24, 2.45) is 0 Å². The fourth-order valence-corrected chi connectivity index (χ4v) is 4.43. The van der Waals surface area contributed by atoms with Gasteiger partial charge in [-0.1, -0.05) is 55.0 Å². The fourth-order valence-electron chi connectivity index (χ4n) is 4.43. The molecule has 136 valence electrons. The van der Waals surface area contributed by atoms with Crippen molar-refractivity contribution in [3.8, 4) is 0 Å². The Kier molecular flexibility index (Phi) is 4.30. The van der Waals surface area contributed by atoms with Crippen LogP contribution in [-0.4, -0.2) is 24.3 Å². The molecule has 2 heterocycles. The van der Waals surface area contributed by atoms with Crippen LogP contribution in [0.3, 0.4) is 0 Å². The van der Waals surface area contributed by atoms with E-state index in [1.54, 1.807) is 0 Å². The zero-order chi connectivity index (χ0) is 18.1. The first-order valence-electron chi connectivity index (χ1n) is 9.95. The SMILES string of the molecule is c1ccc(N2c3ccccc3N(c3ccccc3)C2N2CCCCC2)cc1. The molecule has 0 aromatic heterocycles. The van der Waals surface area contributed by atoms with Crippen molar-refractivity contribution in [2.45, 2.75) is 25.6 Å². The van der Waals surface area contributed by atoms with E-state index in [1.165, 1.54) is 42.0 Å². The van der Waals surface area contributed by atoms with Crippen LogP contribution in [0.5, 0.6) is 0 Å². The number of nitrogens with zero attached hydrogens (tertiary/aromatic N) is 3. The quantitative estimate of drug-likeness (QED) is 0.592. The Balaban J connectivity index is 1.68. The zero-order valence-electron chi connectivity index (χ0n) is 15.5. The molecule has 0 unspecified atom stereocenters. The van der Waals surface area contributed by atoms with Crippen molar-refractivity contribution in [3.63, 3.8) is 0 Å². The Bertz CT molecular complexity index is 821. The highest BCUT2D eigenvalue weighted by Gasteiger charge is 2.41. The largest absolute Gasteiger partial charge is 0.305 e. The summed E-state index contributed by atoms with van der Waals surface area (Å²) in [5.74, 6) is 0. The van der Waals surface area contributed by atoms with Crippen LogP contribution in [0.1, 0.15) is 19.3 Å². The van der Waals surface area contributed by atoms with Gasteiger partial charge in [-0.25, -0.2) is 0 Å². The topological polar surface area (TPSA) is 9.72 Å². The molecule has 1 saturated heterocycles. The van der Waals surface area contributed by atoms with Crippen molar-refractivity contribution >= 4 is 22.7 Å². The third-order valence-corrected chi connectivity index (χ3v) is 5.65. The minimum absolute atomic E-state index is 0.174. The molecule has 0 spiro atoms. The van der Waals surface area contributed by atoms with Gasteiger partial charge < -0.3 is 9.80 Å². The van der Waals surface area contributed by atoms with Crippen molar-refractivity contribution < 1.29 is 0 Å². The van der Waals surface area contributed by atoms with Crippen LogP contribution in [0.15, 0.2) is 84.9 Å². The molecule has 0 saturated carbocycles. The lowest BCUT2D eigenvalue weighted by Gasteiger charge is -2.42. The summed E-state index contributed by atoms with van der Waals surface area (Å²) in [5, 5.41) is 0. The molecule has 0 N–H and O–H groups in total. The van der Waals surface area contributed by atoms with Gasteiger partial charge in [0.15, 0.2) is 6.29 Å². The van der Waals surface area contributed by atoms with Gasteiger partial charge in [0.1, 0.15) is 0 Å². The standard InChI is InChI=1S/C24H25N3/c1-4-12-20(13-5-1)26-22-16-8-9-17-23(22)27(21-14-6-2-7-15-21)24(26)25-18-10-3-11-19-25/h1-2,4-9,12-17,24H,3,10-11,18-19H2. The highest BCUT2D eigenvalue weighted by atomic mass is 15.6. The second-order valence-corrected chi connectivity index (χ2v) is 7.34. The number of para-hydroxylation sites is 4. The number of anilines is 4. The first kappa shape index (κ1) is 16.4. The maximum Gasteiger partial charge on any atom is 0.169 e. The van der Waals surface area contributed by atoms with E-state index in [2.05, 4.69) is 99.6 Å². The van der Waals surface area contributed by atoms with Gasteiger partial charge in [0.2, 0.25) is 0 Å². The third kappa shape index (κ3) is 2.88. The molecule has 0 aliphatic carbocycles. The molecule has 0 atom stereocenters. The van der Waals surface area contributed by atoms with E-state index in [0.29, 0.717) is 0 Å². The van der Waals surface area contributed by atoms with E-state index >= 15 is 0 Å². The minimum Gasteiger partial charge on any atom is -0.305 e. The van der Waals surface area contributed by atoms with Crippen LogP contribution in [-0.2, 0) is 0 Å². The molecular weight excluding hydrogens is 330 g/mol. The van der Waals surface area contributed by atoms with Crippen LogP contribution in [0.4, 0.5) is 22.7 Å². The van der Waals surface area contributed by atoms with Gasteiger partial charge in [-0.15, -0.1) is 0 Å². The molecule has 3 aromatic carbocycles. The summed E-state index contributed by atoms with van der Waals surface area (Å²) in [4.78, 5) is 7.66. The minimum atomic E-state index is 0.174. The summed E-state index contributed by atoms with van der Waals surface area (Å²) in [6.45, 7) is 2.29. The summed E-state index contributed by atoms with van der Waals surface area (Å²) in [6, 6.07) is 30.4. The second-order valence-electron chi connectivity index (χ2n) is 7.34. The normalized spacial score (nSPS) is 17.9.